The second-order valence-corrected chi connectivity index (χ2v) is 7.20. The molecule has 1 saturated heterocycles. The van der Waals surface area contributed by atoms with Gasteiger partial charge in [0.2, 0.25) is 0 Å². The number of fused-ring (bicyclic) bond motifs is 3. The standard InChI is InChI=1S/C20H22N6O/c27-20(15-4-3-7-21-14-15)25-12-10-24(11-13-25)19-18-16-5-1-2-6-17(16)23-26(18)9-8-22-19/h3-4,7-9,14H,1-2,5-6,10-13H2. The average molecular weight is 362 g/mol. The second-order valence-electron chi connectivity index (χ2n) is 7.20. The van der Waals surface area contributed by atoms with E-state index in [4.69, 9.17) is 10.1 Å². The maximum Gasteiger partial charge on any atom is 0.255 e. The molecule has 0 atom stereocenters. The van der Waals surface area contributed by atoms with Crippen LogP contribution >= 0.6 is 0 Å². The number of hydrogen-bond acceptors (Lipinski definition) is 5. The Hall–Kier alpha value is -2.96. The van der Waals surface area contributed by atoms with E-state index < -0.39 is 0 Å². The highest BCUT2D eigenvalue weighted by Crippen LogP contribution is 2.30. The first kappa shape index (κ1) is 16.2. The van der Waals surface area contributed by atoms with E-state index in [1.165, 1.54) is 24.1 Å². The Balaban J connectivity index is 1.38. The Kier molecular flexibility index (Phi) is 3.99. The van der Waals surface area contributed by atoms with E-state index in [-0.39, 0.29) is 5.91 Å². The van der Waals surface area contributed by atoms with E-state index in [2.05, 4.69) is 9.88 Å². The van der Waals surface area contributed by atoms with Crippen LogP contribution in [0, 0.1) is 0 Å². The first-order valence-electron chi connectivity index (χ1n) is 9.60. The fourth-order valence-electron chi connectivity index (χ4n) is 4.17. The van der Waals surface area contributed by atoms with Crippen LogP contribution in [0.4, 0.5) is 5.82 Å². The number of aromatic nitrogens is 4. The van der Waals surface area contributed by atoms with Crippen molar-refractivity contribution in [3.8, 4) is 0 Å². The predicted molar refractivity (Wildman–Crippen MR) is 102 cm³/mol. The Bertz CT molecular complexity index is 975. The molecule has 7 heteroatoms. The molecule has 1 amide bonds. The van der Waals surface area contributed by atoms with E-state index >= 15 is 0 Å². The Morgan fingerprint density at radius 2 is 1.89 bits per heavy atom. The second kappa shape index (κ2) is 6.64. The van der Waals surface area contributed by atoms with Gasteiger partial charge in [-0.05, 0) is 37.8 Å². The highest BCUT2D eigenvalue weighted by Gasteiger charge is 2.26. The third-order valence-corrected chi connectivity index (χ3v) is 5.57. The fourth-order valence-corrected chi connectivity index (χ4v) is 4.17. The lowest BCUT2D eigenvalue weighted by Gasteiger charge is -2.35. The molecule has 5 rings (SSSR count). The smallest absolute Gasteiger partial charge is 0.255 e. The van der Waals surface area contributed by atoms with Gasteiger partial charge in [0.15, 0.2) is 5.82 Å². The largest absolute Gasteiger partial charge is 0.351 e. The highest BCUT2D eigenvalue weighted by atomic mass is 16.2. The molecule has 1 aliphatic heterocycles. The summed E-state index contributed by atoms with van der Waals surface area (Å²) in [6, 6.07) is 3.62. The lowest BCUT2D eigenvalue weighted by Crippen LogP contribution is -2.49. The number of aryl methyl sites for hydroxylation is 2. The third-order valence-electron chi connectivity index (χ3n) is 5.57. The number of anilines is 1. The van der Waals surface area contributed by atoms with Crippen LogP contribution < -0.4 is 4.90 Å². The van der Waals surface area contributed by atoms with Crippen molar-refractivity contribution in [1.82, 2.24) is 24.5 Å². The van der Waals surface area contributed by atoms with Crippen LogP contribution in [0.3, 0.4) is 0 Å². The van der Waals surface area contributed by atoms with E-state index in [1.807, 2.05) is 27.9 Å². The van der Waals surface area contributed by atoms with Crippen molar-refractivity contribution < 1.29 is 4.79 Å². The topological polar surface area (TPSA) is 66.6 Å². The number of amides is 1. The van der Waals surface area contributed by atoms with Gasteiger partial charge in [-0.3, -0.25) is 9.78 Å². The zero-order chi connectivity index (χ0) is 18.2. The van der Waals surface area contributed by atoms with Crippen molar-refractivity contribution in [2.45, 2.75) is 25.7 Å². The van der Waals surface area contributed by atoms with Crippen molar-refractivity contribution in [3.63, 3.8) is 0 Å². The summed E-state index contributed by atoms with van der Waals surface area (Å²) >= 11 is 0. The lowest BCUT2D eigenvalue weighted by molar-refractivity contribution is 0.0746. The molecule has 1 aliphatic carbocycles. The van der Waals surface area contributed by atoms with Crippen LogP contribution in [-0.2, 0) is 12.8 Å². The maximum absolute atomic E-state index is 12.6. The minimum Gasteiger partial charge on any atom is -0.351 e. The zero-order valence-corrected chi connectivity index (χ0v) is 15.2. The fraction of sp³-hybridized carbons (Fsp3) is 0.400. The molecule has 7 nitrogen and oxygen atoms in total. The first-order chi connectivity index (χ1) is 13.3. The van der Waals surface area contributed by atoms with Gasteiger partial charge < -0.3 is 9.80 Å². The van der Waals surface area contributed by atoms with Crippen LogP contribution in [-0.4, -0.2) is 56.6 Å². The Morgan fingerprint density at radius 3 is 2.70 bits per heavy atom. The van der Waals surface area contributed by atoms with Crippen molar-refractivity contribution >= 4 is 17.2 Å². The molecule has 0 saturated carbocycles. The van der Waals surface area contributed by atoms with E-state index in [0.29, 0.717) is 18.7 Å². The first-order valence-corrected chi connectivity index (χ1v) is 9.60. The molecule has 0 radical (unpaired) electrons. The number of pyridine rings is 1. The van der Waals surface area contributed by atoms with Crippen LogP contribution in [0.2, 0.25) is 0 Å². The van der Waals surface area contributed by atoms with E-state index in [1.54, 1.807) is 18.5 Å². The summed E-state index contributed by atoms with van der Waals surface area (Å²) in [5, 5.41) is 4.77. The Labute approximate surface area is 157 Å². The molecule has 0 N–H and O–H groups in total. The normalized spacial score (nSPS) is 17.2. The summed E-state index contributed by atoms with van der Waals surface area (Å²) in [6.45, 7) is 2.93. The van der Waals surface area contributed by atoms with Gasteiger partial charge in [-0.2, -0.15) is 5.10 Å². The van der Waals surface area contributed by atoms with Gasteiger partial charge in [0, 0.05) is 56.5 Å². The minimum absolute atomic E-state index is 0.0515. The Morgan fingerprint density at radius 1 is 1.04 bits per heavy atom. The summed E-state index contributed by atoms with van der Waals surface area (Å²) in [5.41, 5.74) is 4.38. The number of carbonyl (C=O) groups is 1. The number of rotatable bonds is 2. The quantitative estimate of drug-likeness (QED) is 0.697. The van der Waals surface area contributed by atoms with Gasteiger partial charge in [-0.25, -0.2) is 9.50 Å². The summed E-state index contributed by atoms with van der Waals surface area (Å²) in [6.07, 6.45) is 11.7. The van der Waals surface area contributed by atoms with Crippen molar-refractivity contribution in [2.75, 3.05) is 31.1 Å². The summed E-state index contributed by atoms with van der Waals surface area (Å²) in [5.74, 6) is 1.05. The number of hydrogen-bond donors (Lipinski definition) is 0. The van der Waals surface area contributed by atoms with Crippen molar-refractivity contribution in [1.29, 1.82) is 0 Å². The molecule has 138 valence electrons. The molecule has 3 aromatic heterocycles. The molecule has 2 aliphatic rings. The van der Waals surface area contributed by atoms with E-state index in [0.717, 1.165) is 37.3 Å². The average Bonchev–Trinajstić information content (AvgIpc) is 3.13. The van der Waals surface area contributed by atoms with Gasteiger partial charge in [-0.15, -0.1) is 0 Å². The van der Waals surface area contributed by atoms with Gasteiger partial charge in [0.05, 0.1) is 11.3 Å². The third kappa shape index (κ3) is 2.83. The highest BCUT2D eigenvalue weighted by molar-refractivity contribution is 5.94. The van der Waals surface area contributed by atoms with Gasteiger partial charge in [0.1, 0.15) is 5.52 Å². The molecule has 0 unspecified atom stereocenters. The molecule has 27 heavy (non-hydrogen) atoms. The van der Waals surface area contributed by atoms with Crippen LogP contribution in [0.15, 0.2) is 36.9 Å². The molecule has 3 aromatic rings. The minimum atomic E-state index is 0.0515. The van der Waals surface area contributed by atoms with Gasteiger partial charge in [0.25, 0.3) is 5.91 Å². The van der Waals surface area contributed by atoms with Crippen LogP contribution in [0.1, 0.15) is 34.5 Å². The molecule has 4 heterocycles. The summed E-state index contributed by atoms with van der Waals surface area (Å²) in [7, 11) is 0. The predicted octanol–water partition coefficient (Wildman–Crippen LogP) is 1.97. The van der Waals surface area contributed by atoms with E-state index in [9.17, 15) is 4.79 Å². The van der Waals surface area contributed by atoms with Gasteiger partial charge in [-0.1, -0.05) is 0 Å². The molecule has 0 aromatic carbocycles. The monoisotopic (exact) mass is 362 g/mol. The van der Waals surface area contributed by atoms with Crippen LogP contribution in [0.5, 0.6) is 0 Å². The number of nitrogens with zero attached hydrogens (tertiary/aromatic N) is 6. The molecular formula is C20H22N6O. The molecule has 0 bridgehead atoms. The summed E-state index contributed by atoms with van der Waals surface area (Å²) in [4.78, 5) is 25.6. The van der Waals surface area contributed by atoms with Crippen molar-refractivity contribution in [2.24, 2.45) is 0 Å². The number of piperazine rings is 1. The maximum atomic E-state index is 12.6. The molecular weight excluding hydrogens is 340 g/mol. The molecule has 1 fully saturated rings. The van der Waals surface area contributed by atoms with Crippen LogP contribution in [0.25, 0.3) is 5.52 Å². The van der Waals surface area contributed by atoms with Gasteiger partial charge >= 0.3 is 0 Å². The summed E-state index contributed by atoms with van der Waals surface area (Å²) < 4.78 is 1.99. The zero-order valence-electron chi connectivity index (χ0n) is 15.2. The molecule has 0 spiro atoms. The number of carbonyl (C=O) groups excluding carboxylic acids is 1. The lowest BCUT2D eigenvalue weighted by atomic mass is 9.97. The van der Waals surface area contributed by atoms with Crippen molar-refractivity contribution in [3.05, 3.63) is 53.7 Å². The SMILES string of the molecule is O=C(c1cccnc1)N1CCN(c2nccn3nc4c(c23)CCCC4)CC1.